The summed E-state index contributed by atoms with van der Waals surface area (Å²) >= 11 is 0. The number of nitrogens with zero attached hydrogens (tertiary/aromatic N) is 4. The van der Waals surface area contributed by atoms with Gasteiger partial charge in [0.15, 0.2) is 0 Å². The molecule has 0 radical (unpaired) electrons. The van der Waals surface area contributed by atoms with Crippen molar-refractivity contribution in [2.45, 2.75) is 0 Å². The number of H-pyrrole nitrogens is 3. The highest BCUT2D eigenvalue weighted by atomic mass is 14.8. The first-order valence-electron chi connectivity index (χ1n) is 13.4. The third-order valence-corrected chi connectivity index (χ3v) is 7.43. The molecule has 194 valence electrons. The first-order chi connectivity index (χ1) is 20.3. The predicted molar refractivity (Wildman–Crippen MR) is 165 cm³/mol. The Labute approximate surface area is 234 Å². The van der Waals surface area contributed by atoms with Crippen LogP contribution in [0.25, 0.3) is 78.6 Å². The van der Waals surface area contributed by atoms with E-state index in [1.807, 2.05) is 36.8 Å². The molecule has 41 heavy (non-hydrogen) atoms. The fraction of sp³-hybridized carbons (Fsp3) is 0. The standard InChI is InChI=1S/C34H23N7/c1-4-21(18-35-15-1)32-26-9-7-24(38-26)25-8-10-27(39-25)33(22-5-2-16-36-19-22)29-12-14-31(41-29)34(23-6-3-17-37-20-23)30-13-11-28(32)40-30/h1-20,38,40-41H. The molecule has 8 heterocycles. The van der Waals surface area contributed by atoms with Gasteiger partial charge in [0, 0.05) is 98.1 Å². The van der Waals surface area contributed by atoms with Crippen LogP contribution in [0.5, 0.6) is 0 Å². The van der Waals surface area contributed by atoms with Crippen LogP contribution in [-0.2, 0) is 0 Å². The Balaban J connectivity index is 1.58. The molecule has 0 spiro atoms. The second kappa shape index (κ2) is 9.43. The number of rotatable bonds is 3. The summed E-state index contributed by atoms with van der Waals surface area (Å²) in [5, 5.41) is 0. The van der Waals surface area contributed by atoms with Crippen molar-refractivity contribution in [3.05, 3.63) is 121 Å². The molecule has 0 saturated heterocycles. The van der Waals surface area contributed by atoms with Gasteiger partial charge in [-0.25, -0.2) is 4.98 Å². The first kappa shape index (κ1) is 23.1. The van der Waals surface area contributed by atoms with E-state index in [4.69, 9.17) is 4.98 Å². The molecule has 0 amide bonds. The topological polar surface area (TPSA) is 98.9 Å². The van der Waals surface area contributed by atoms with Crippen molar-refractivity contribution in [3.8, 4) is 33.4 Å². The Morgan fingerprint density at radius 2 is 0.780 bits per heavy atom. The van der Waals surface area contributed by atoms with E-state index in [2.05, 4.69) is 96.7 Å². The van der Waals surface area contributed by atoms with Gasteiger partial charge in [0.05, 0.1) is 16.9 Å². The molecular formula is C34H23N7. The summed E-state index contributed by atoms with van der Waals surface area (Å²) in [6.45, 7) is 0. The van der Waals surface area contributed by atoms with Crippen LogP contribution in [0.15, 0.2) is 110 Å². The molecular weight excluding hydrogens is 506 g/mol. The zero-order valence-electron chi connectivity index (χ0n) is 21.8. The van der Waals surface area contributed by atoms with Gasteiger partial charge >= 0.3 is 0 Å². The molecule has 0 aromatic carbocycles. The van der Waals surface area contributed by atoms with Crippen molar-refractivity contribution >= 4 is 45.3 Å². The third kappa shape index (κ3) is 3.99. The maximum Gasteiger partial charge on any atom is 0.0872 e. The van der Waals surface area contributed by atoms with E-state index in [9.17, 15) is 0 Å². The van der Waals surface area contributed by atoms with Gasteiger partial charge in [-0.05, 0) is 66.7 Å². The van der Waals surface area contributed by atoms with E-state index < -0.39 is 0 Å². The Morgan fingerprint density at radius 1 is 0.390 bits per heavy atom. The maximum atomic E-state index is 5.08. The van der Waals surface area contributed by atoms with E-state index >= 15 is 0 Å². The van der Waals surface area contributed by atoms with Crippen molar-refractivity contribution in [1.82, 2.24) is 34.9 Å². The van der Waals surface area contributed by atoms with Crippen molar-refractivity contribution < 1.29 is 0 Å². The molecule has 0 aliphatic carbocycles. The molecule has 1 aliphatic rings. The van der Waals surface area contributed by atoms with Gasteiger partial charge in [-0.1, -0.05) is 18.2 Å². The molecule has 8 bridgehead atoms. The highest BCUT2D eigenvalue weighted by molar-refractivity contribution is 6.00. The quantitative estimate of drug-likeness (QED) is 0.217. The van der Waals surface area contributed by atoms with Crippen LogP contribution < -0.4 is 0 Å². The van der Waals surface area contributed by atoms with Gasteiger partial charge in [0.1, 0.15) is 0 Å². The van der Waals surface area contributed by atoms with E-state index in [1.165, 1.54) is 0 Å². The molecule has 0 unspecified atom stereocenters. The largest absolute Gasteiger partial charge is 0.354 e. The van der Waals surface area contributed by atoms with Crippen LogP contribution >= 0.6 is 0 Å². The first-order valence-corrected chi connectivity index (χ1v) is 13.4. The van der Waals surface area contributed by atoms with Crippen LogP contribution in [0.3, 0.4) is 0 Å². The summed E-state index contributed by atoms with van der Waals surface area (Å²) in [4.78, 5) is 29.4. The second-order valence-electron chi connectivity index (χ2n) is 9.92. The molecule has 1 aliphatic heterocycles. The lowest BCUT2D eigenvalue weighted by atomic mass is 10.1. The summed E-state index contributed by atoms with van der Waals surface area (Å²) < 4.78 is 0. The van der Waals surface area contributed by atoms with Crippen LogP contribution in [0.4, 0.5) is 0 Å². The molecule has 0 fully saturated rings. The van der Waals surface area contributed by atoms with E-state index in [1.54, 1.807) is 18.6 Å². The number of aromatic nitrogens is 7. The van der Waals surface area contributed by atoms with Crippen molar-refractivity contribution in [2.75, 3.05) is 0 Å². The lowest BCUT2D eigenvalue weighted by Crippen LogP contribution is -1.86. The van der Waals surface area contributed by atoms with Gasteiger partial charge in [0.25, 0.3) is 0 Å². The van der Waals surface area contributed by atoms with Gasteiger partial charge in [0.2, 0.25) is 0 Å². The highest BCUT2D eigenvalue weighted by Gasteiger charge is 2.15. The Morgan fingerprint density at radius 3 is 1.24 bits per heavy atom. The molecule has 7 aromatic rings. The molecule has 0 saturated carbocycles. The average molecular weight is 530 g/mol. The molecule has 7 heteroatoms. The number of hydrogen-bond acceptors (Lipinski definition) is 4. The lowest BCUT2D eigenvalue weighted by molar-refractivity contribution is 1.30. The van der Waals surface area contributed by atoms with Gasteiger partial charge in [-0.2, -0.15) is 0 Å². The van der Waals surface area contributed by atoms with Crippen LogP contribution in [0.1, 0.15) is 11.4 Å². The minimum atomic E-state index is 0.869. The molecule has 3 N–H and O–H groups in total. The minimum Gasteiger partial charge on any atom is -0.354 e. The van der Waals surface area contributed by atoms with E-state index in [-0.39, 0.29) is 0 Å². The van der Waals surface area contributed by atoms with Crippen LogP contribution in [0.2, 0.25) is 0 Å². The zero-order chi connectivity index (χ0) is 27.2. The summed E-state index contributed by atoms with van der Waals surface area (Å²) in [5.74, 6) is 0. The Bertz CT molecular complexity index is 2190. The minimum absolute atomic E-state index is 0.869. The molecule has 8 rings (SSSR count). The highest BCUT2D eigenvalue weighted by Crippen LogP contribution is 2.35. The number of hydrogen-bond donors (Lipinski definition) is 3. The summed E-state index contributed by atoms with van der Waals surface area (Å²) in [6.07, 6.45) is 15.2. The van der Waals surface area contributed by atoms with Crippen LogP contribution in [0, 0.1) is 0 Å². The van der Waals surface area contributed by atoms with Gasteiger partial charge in [-0.15, -0.1) is 0 Å². The number of nitrogens with one attached hydrogen (secondary N) is 3. The van der Waals surface area contributed by atoms with Crippen molar-refractivity contribution in [3.63, 3.8) is 0 Å². The summed E-state index contributed by atoms with van der Waals surface area (Å²) in [5.41, 5.74) is 13.5. The Hall–Kier alpha value is -5.82. The summed E-state index contributed by atoms with van der Waals surface area (Å²) in [7, 11) is 0. The number of aromatic amines is 3. The van der Waals surface area contributed by atoms with E-state index in [0.29, 0.717) is 0 Å². The zero-order valence-corrected chi connectivity index (χ0v) is 21.8. The molecule has 0 atom stereocenters. The van der Waals surface area contributed by atoms with Gasteiger partial charge in [-0.3, -0.25) is 15.0 Å². The van der Waals surface area contributed by atoms with Crippen LogP contribution in [-0.4, -0.2) is 34.9 Å². The Kier molecular flexibility index (Phi) is 5.31. The monoisotopic (exact) mass is 529 g/mol. The second-order valence-corrected chi connectivity index (χ2v) is 9.92. The molecule has 7 aromatic heterocycles. The number of fused-ring (bicyclic) bond motifs is 9. The van der Waals surface area contributed by atoms with Crippen molar-refractivity contribution in [1.29, 1.82) is 0 Å². The smallest absolute Gasteiger partial charge is 0.0872 e. The van der Waals surface area contributed by atoms with Crippen molar-refractivity contribution in [2.24, 2.45) is 0 Å². The van der Waals surface area contributed by atoms with Gasteiger partial charge < -0.3 is 15.0 Å². The average Bonchev–Trinajstić information content (AvgIpc) is 3.84. The summed E-state index contributed by atoms with van der Waals surface area (Å²) in [6, 6.07) is 24.8. The van der Waals surface area contributed by atoms with E-state index in [0.717, 1.165) is 77.9 Å². The predicted octanol–water partition coefficient (Wildman–Crippen LogP) is 7.88. The fourth-order valence-corrected chi connectivity index (χ4v) is 5.60. The number of pyridine rings is 3. The maximum absolute atomic E-state index is 5.08. The SMILES string of the molecule is C1=Cc2nc1c(-c1cccnc1)c1ccc([nH]1)c(-c1cccnc1)c1ccc([nH]1)c(-c1cccnc1)c1ccc2[nH]1. The normalized spacial score (nSPS) is 11.8. The fourth-order valence-electron chi connectivity index (χ4n) is 5.60. The third-order valence-electron chi connectivity index (χ3n) is 7.43. The lowest BCUT2D eigenvalue weighted by Gasteiger charge is -2.04. The molecule has 7 nitrogen and oxygen atoms in total.